The minimum absolute atomic E-state index is 0.00978. The van der Waals surface area contributed by atoms with Crippen molar-refractivity contribution in [3.63, 3.8) is 0 Å². The van der Waals surface area contributed by atoms with E-state index in [1.54, 1.807) is 0 Å². The monoisotopic (exact) mass is 302 g/mol. The summed E-state index contributed by atoms with van der Waals surface area (Å²) in [6.45, 7) is 0. The van der Waals surface area contributed by atoms with E-state index in [4.69, 9.17) is 4.74 Å². The number of aliphatic hydroxyl groups excluding tert-OH is 5. The molecule has 0 radical (unpaired) electrons. The second-order valence-electron chi connectivity index (χ2n) is 7.01. The van der Waals surface area contributed by atoms with Gasteiger partial charge in [0.2, 0.25) is 0 Å². The van der Waals surface area contributed by atoms with Crippen molar-refractivity contribution in [3.8, 4) is 0 Å². The fraction of sp³-hybridized carbons (Fsp3) is 1.00. The number of ether oxygens (including phenoxy) is 1. The maximum absolute atomic E-state index is 10.4. The van der Waals surface area contributed by atoms with Crippen LogP contribution in [0.5, 0.6) is 0 Å². The molecular weight excluding hydrogens is 276 g/mol. The van der Waals surface area contributed by atoms with Gasteiger partial charge >= 0.3 is 0 Å². The van der Waals surface area contributed by atoms with E-state index in [2.05, 4.69) is 0 Å². The van der Waals surface area contributed by atoms with Gasteiger partial charge in [0, 0.05) is 5.92 Å². The topological polar surface area (TPSA) is 110 Å². The van der Waals surface area contributed by atoms with Crippen molar-refractivity contribution in [1.82, 2.24) is 0 Å². The van der Waals surface area contributed by atoms with E-state index in [9.17, 15) is 25.5 Å². The molecule has 5 N–H and O–H groups in total. The fourth-order valence-electron chi connectivity index (χ4n) is 4.30. The minimum Gasteiger partial charge on any atom is -0.393 e. The highest BCUT2D eigenvalue weighted by Crippen LogP contribution is 2.41. The molecule has 122 valence electrons. The molecule has 2 saturated carbocycles. The van der Waals surface area contributed by atoms with Gasteiger partial charge in [-0.2, -0.15) is 0 Å². The molecule has 0 aromatic carbocycles. The van der Waals surface area contributed by atoms with E-state index in [1.165, 1.54) is 0 Å². The summed E-state index contributed by atoms with van der Waals surface area (Å²) in [5.41, 5.74) is 0. The van der Waals surface area contributed by atoms with Gasteiger partial charge in [0.15, 0.2) is 0 Å². The standard InChI is InChI=1S/C15H26O6/c16-8-4-11(18)9-6-13(20)15(21-14(9)5-8)7-1-2-10(17)12(19)3-7/h7-20H,1-6H2/t7?,8?,9?,10?,11?,12?,13-,14?,15+/m0/s1. The van der Waals surface area contributed by atoms with Gasteiger partial charge in [-0.15, -0.1) is 0 Å². The number of fused-ring (bicyclic) bond motifs is 1. The summed E-state index contributed by atoms with van der Waals surface area (Å²) in [6, 6.07) is 0. The lowest BCUT2D eigenvalue weighted by Crippen LogP contribution is -2.55. The molecule has 0 spiro atoms. The summed E-state index contributed by atoms with van der Waals surface area (Å²) in [5, 5.41) is 49.6. The van der Waals surface area contributed by atoms with Crippen LogP contribution in [0.1, 0.15) is 38.5 Å². The lowest BCUT2D eigenvalue weighted by Gasteiger charge is -2.48. The van der Waals surface area contributed by atoms with Crippen LogP contribution in [0.2, 0.25) is 0 Å². The first-order valence-corrected chi connectivity index (χ1v) is 8.01. The third kappa shape index (κ3) is 3.11. The lowest BCUT2D eigenvalue weighted by atomic mass is 9.72. The Bertz CT molecular complexity index is 364. The number of rotatable bonds is 1. The van der Waals surface area contributed by atoms with Gasteiger partial charge in [-0.3, -0.25) is 0 Å². The van der Waals surface area contributed by atoms with Crippen molar-refractivity contribution < 1.29 is 30.3 Å². The molecule has 0 bridgehead atoms. The summed E-state index contributed by atoms with van der Waals surface area (Å²) in [5.74, 6) is -0.116. The Hall–Kier alpha value is -0.240. The molecule has 1 heterocycles. The van der Waals surface area contributed by atoms with E-state index in [-0.39, 0.29) is 24.0 Å². The molecular formula is C15H26O6. The fourth-order valence-corrected chi connectivity index (χ4v) is 4.30. The van der Waals surface area contributed by atoms with Crippen LogP contribution < -0.4 is 0 Å². The van der Waals surface area contributed by atoms with Gasteiger partial charge in [-0.1, -0.05) is 0 Å². The smallest absolute Gasteiger partial charge is 0.0867 e. The molecule has 6 nitrogen and oxygen atoms in total. The first-order valence-electron chi connectivity index (χ1n) is 8.01. The Morgan fingerprint density at radius 1 is 0.667 bits per heavy atom. The summed E-state index contributed by atoms with van der Waals surface area (Å²) in [7, 11) is 0. The number of aliphatic hydroxyl groups is 5. The van der Waals surface area contributed by atoms with Gasteiger partial charge in [0.25, 0.3) is 0 Å². The van der Waals surface area contributed by atoms with Crippen molar-refractivity contribution in [1.29, 1.82) is 0 Å². The Labute approximate surface area is 124 Å². The zero-order chi connectivity index (χ0) is 15.1. The zero-order valence-electron chi connectivity index (χ0n) is 12.1. The Kier molecular flexibility index (Phi) is 4.55. The quantitative estimate of drug-likeness (QED) is 0.432. The van der Waals surface area contributed by atoms with Crippen LogP contribution in [-0.2, 0) is 4.74 Å². The number of hydrogen-bond donors (Lipinski definition) is 5. The molecule has 3 fully saturated rings. The van der Waals surface area contributed by atoms with E-state index in [0.29, 0.717) is 38.5 Å². The highest BCUT2D eigenvalue weighted by atomic mass is 16.5. The molecule has 1 saturated heterocycles. The van der Waals surface area contributed by atoms with Crippen molar-refractivity contribution in [2.75, 3.05) is 0 Å². The molecule has 2 aliphatic carbocycles. The maximum atomic E-state index is 10.4. The van der Waals surface area contributed by atoms with Crippen molar-refractivity contribution >= 4 is 0 Å². The molecule has 6 heteroatoms. The average molecular weight is 302 g/mol. The third-order valence-electron chi connectivity index (χ3n) is 5.50. The van der Waals surface area contributed by atoms with Crippen LogP contribution in [0.3, 0.4) is 0 Å². The molecule has 21 heavy (non-hydrogen) atoms. The van der Waals surface area contributed by atoms with Gasteiger partial charge < -0.3 is 30.3 Å². The molecule has 7 unspecified atom stereocenters. The maximum Gasteiger partial charge on any atom is 0.0867 e. The van der Waals surface area contributed by atoms with Crippen molar-refractivity contribution in [2.24, 2.45) is 11.8 Å². The van der Waals surface area contributed by atoms with Crippen LogP contribution in [0.15, 0.2) is 0 Å². The average Bonchev–Trinajstić information content (AvgIpc) is 2.42. The highest BCUT2D eigenvalue weighted by Gasteiger charge is 2.47. The van der Waals surface area contributed by atoms with Crippen molar-refractivity contribution in [3.05, 3.63) is 0 Å². The van der Waals surface area contributed by atoms with E-state index < -0.39 is 30.5 Å². The van der Waals surface area contributed by atoms with Crippen LogP contribution in [0.25, 0.3) is 0 Å². The van der Waals surface area contributed by atoms with Crippen LogP contribution in [0, 0.1) is 11.8 Å². The summed E-state index contributed by atoms with van der Waals surface area (Å²) < 4.78 is 6.00. The van der Waals surface area contributed by atoms with Gasteiger partial charge in [0.1, 0.15) is 0 Å². The Balaban J connectivity index is 1.67. The van der Waals surface area contributed by atoms with Gasteiger partial charge in [0.05, 0.1) is 42.7 Å². The second-order valence-corrected chi connectivity index (χ2v) is 7.01. The summed E-state index contributed by atoms with van der Waals surface area (Å²) in [4.78, 5) is 0. The largest absolute Gasteiger partial charge is 0.393 e. The first-order chi connectivity index (χ1) is 9.95. The van der Waals surface area contributed by atoms with Gasteiger partial charge in [-0.25, -0.2) is 0 Å². The van der Waals surface area contributed by atoms with Crippen LogP contribution in [-0.4, -0.2) is 68.3 Å². The van der Waals surface area contributed by atoms with Crippen LogP contribution in [0.4, 0.5) is 0 Å². The predicted molar refractivity (Wildman–Crippen MR) is 73.4 cm³/mol. The van der Waals surface area contributed by atoms with E-state index in [0.717, 1.165) is 0 Å². The predicted octanol–water partition coefficient (Wildman–Crippen LogP) is -0.842. The molecule has 0 aromatic rings. The SMILES string of the molecule is OC1CC(O)C2C[C@H](O)[C@@H](C3CCC(O)C(O)C3)OC2C1. The Morgan fingerprint density at radius 2 is 1.43 bits per heavy atom. The molecule has 0 amide bonds. The normalized spacial score (nSPS) is 55.0. The van der Waals surface area contributed by atoms with Crippen LogP contribution >= 0.6 is 0 Å². The lowest BCUT2D eigenvalue weighted by molar-refractivity contribution is -0.215. The third-order valence-corrected chi connectivity index (χ3v) is 5.50. The summed E-state index contributed by atoms with van der Waals surface area (Å²) >= 11 is 0. The van der Waals surface area contributed by atoms with E-state index >= 15 is 0 Å². The minimum atomic E-state index is -0.764. The second kappa shape index (κ2) is 6.10. The molecule has 0 aromatic heterocycles. The van der Waals surface area contributed by atoms with Gasteiger partial charge in [-0.05, 0) is 44.4 Å². The summed E-state index contributed by atoms with van der Waals surface area (Å²) in [6.07, 6.45) is -0.976. The first kappa shape index (κ1) is 15.6. The molecule has 9 atom stereocenters. The molecule has 3 aliphatic rings. The highest BCUT2D eigenvalue weighted by molar-refractivity contribution is 4.97. The molecule has 1 aliphatic heterocycles. The number of hydrogen-bond acceptors (Lipinski definition) is 6. The van der Waals surface area contributed by atoms with Crippen molar-refractivity contribution in [2.45, 2.75) is 81.3 Å². The molecule has 3 rings (SSSR count). The van der Waals surface area contributed by atoms with E-state index in [1.807, 2.05) is 0 Å². The zero-order valence-corrected chi connectivity index (χ0v) is 12.1. The Morgan fingerprint density at radius 3 is 2.14 bits per heavy atom.